The molecule has 1 aromatic carbocycles. The number of nitrogens with one attached hydrogen (secondary N) is 2. The van der Waals surface area contributed by atoms with Gasteiger partial charge in [0, 0.05) is 48.5 Å². The lowest BCUT2D eigenvalue weighted by atomic mass is 10.1. The molecule has 3 N–H and O–H groups in total. The number of nitro groups is 1. The number of aromatic amines is 1. The molecular weight excluding hydrogens is 665 g/mol. The van der Waals surface area contributed by atoms with Crippen LogP contribution in [-0.4, -0.2) is 91.0 Å². The molecule has 17 nitrogen and oxygen atoms in total. The zero-order valence-corrected chi connectivity index (χ0v) is 24.8. The molecule has 0 bridgehead atoms. The zero-order chi connectivity index (χ0) is 35.6. The highest BCUT2D eigenvalue weighted by molar-refractivity contribution is 5.97. The maximum Gasteiger partial charge on any atom is 0.456 e. The molecule has 0 aliphatic carbocycles. The molecule has 0 spiro atoms. The van der Waals surface area contributed by atoms with E-state index in [0.29, 0.717) is 12.1 Å². The standard InChI is InChI=1S/C26H26F5N7O10/c1-12-8-36(24(43)33-21(12)40)20-7-17(19(10-39)48-20)37-9-14(34-35-37)6-15(23(42)46-2)32-22(41)13-3-4-16(38(44)45)18(5-13)47-11-25(27,28)26(29,30)31/h3-5,8-9,15,17,19-20,39H,6-7,10-11H2,1-2H3,(H,32,41)(H,33,40,43)/t15-,17-,19+,20+/m0/s1. The third-order valence-corrected chi connectivity index (χ3v) is 7.18. The number of hydrogen-bond acceptors (Lipinski definition) is 12. The first-order chi connectivity index (χ1) is 22.4. The Kier molecular flexibility index (Phi) is 10.3. The maximum atomic E-state index is 13.4. The molecule has 3 heterocycles. The Labute approximate surface area is 264 Å². The van der Waals surface area contributed by atoms with Gasteiger partial charge in [0.2, 0.25) is 0 Å². The molecule has 0 unspecified atom stereocenters. The number of aromatic nitrogens is 5. The van der Waals surface area contributed by atoms with Crippen LogP contribution in [0.5, 0.6) is 5.75 Å². The molecule has 260 valence electrons. The van der Waals surface area contributed by atoms with E-state index in [1.807, 2.05) is 0 Å². The van der Waals surface area contributed by atoms with E-state index in [0.717, 1.165) is 17.7 Å². The van der Waals surface area contributed by atoms with Crippen molar-refractivity contribution in [2.75, 3.05) is 20.3 Å². The summed E-state index contributed by atoms with van der Waals surface area (Å²) in [5.41, 5.74) is -2.49. The van der Waals surface area contributed by atoms with Crippen molar-refractivity contribution in [3.63, 3.8) is 0 Å². The van der Waals surface area contributed by atoms with Crippen molar-refractivity contribution in [2.24, 2.45) is 0 Å². The van der Waals surface area contributed by atoms with Crippen LogP contribution in [0, 0.1) is 17.0 Å². The molecule has 0 radical (unpaired) electrons. The number of amides is 1. The average Bonchev–Trinajstić information content (AvgIpc) is 3.67. The number of nitrogens with zero attached hydrogens (tertiary/aromatic N) is 5. The number of nitro benzene ring substituents is 1. The maximum absolute atomic E-state index is 13.4. The summed E-state index contributed by atoms with van der Waals surface area (Å²) in [6, 6.07) is -0.106. The molecular formula is C26H26F5N7O10. The molecule has 1 fully saturated rings. The van der Waals surface area contributed by atoms with Gasteiger partial charge in [0.15, 0.2) is 12.4 Å². The lowest BCUT2D eigenvalue weighted by Gasteiger charge is -2.20. The number of benzene rings is 1. The van der Waals surface area contributed by atoms with Gasteiger partial charge in [0.05, 0.1) is 30.4 Å². The number of esters is 1. The molecule has 2 aromatic heterocycles. The van der Waals surface area contributed by atoms with Crippen molar-refractivity contribution >= 4 is 17.6 Å². The first-order valence-corrected chi connectivity index (χ1v) is 13.7. The molecule has 0 saturated carbocycles. The van der Waals surface area contributed by atoms with E-state index in [2.05, 4.69) is 25.3 Å². The van der Waals surface area contributed by atoms with Crippen LogP contribution >= 0.6 is 0 Å². The molecule has 3 aromatic rings. The fourth-order valence-corrected chi connectivity index (χ4v) is 4.66. The second-order valence-electron chi connectivity index (χ2n) is 10.5. The van der Waals surface area contributed by atoms with Gasteiger partial charge in [0.1, 0.15) is 18.4 Å². The van der Waals surface area contributed by atoms with Gasteiger partial charge < -0.3 is 24.6 Å². The van der Waals surface area contributed by atoms with Crippen LogP contribution in [0.4, 0.5) is 27.6 Å². The number of H-pyrrole nitrogens is 1. The molecule has 4 atom stereocenters. The predicted octanol–water partition coefficient (Wildman–Crippen LogP) is 0.956. The van der Waals surface area contributed by atoms with Gasteiger partial charge >= 0.3 is 29.4 Å². The van der Waals surface area contributed by atoms with E-state index in [4.69, 9.17) is 9.47 Å². The second-order valence-corrected chi connectivity index (χ2v) is 10.5. The van der Waals surface area contributed by atoms with Gasteiger partial charge in [-0.05, 0) is 13.0 Å². The van der Waals surface area contributed by atoms with Gasteiger partial charge in [-0.2, -0.15) is 22.0 Å². The van der Waals surface area contributed by atoms with Crippen molar-refractivity contribution in [3.8, 4) is 5.75 Å². The summed E-state index contributed by atoms with van der Waals surface area (Å²) in [5.74, 6) is -8.54. The van der Waals surface area contributed by atoms with Gasteiger partial charge in [-0.3, -0.25) is 29.3 Å². The van der Waals surface area contributed by atoms with Crippen molar-refractivity contribution in [2.45, 2.75) is 56.3 Å². The van der Waals surface area contributed by atoms with E-state index in [-0.39, 0.29) is 24.1 Å². The summed E-state index contributed by atoms with van der Waals surface area (Å²) in [4.78, 5) is 61.9. The lowest BCUT2D eigenvalue weighted by Crippen LogP contribution is -2.43. The fraction of sp³-hybridized carbons (Fsp3) is 0.462. The van der Waals surface area contributed by atoms with Crippen LogP contribution in [0.25, 0.3) is 0 Å². The number of methoxy groups -OCH3 is 1. The second kappa shape index (κ2) is 13.9. The number of aliphatic hydroxyl groups is 1. The van der Waals surface area contributed by atoms with Gasteiger partial charge in [-0.15, -0.1) is 5.10 Å². The van der Waals surface area contributed by atoms with Gasteiger partial charge in [-0.1, -0.05) is 5.21 Å². The number of aliphatic hydroxyl groups excluding tert-OH is 1. The smallest absolute Gasteiger partial charge is 0.456 e. The molecule has 1 saturated heterocycles. The van der Waals surface area contributed by atoms with Crippen molar-refractivity contribution in [1.82, 2.24) is 29.9 Å². The normalized spacial score (nSPS) is 18.7. The minimum absolute atomic E-state index is 0.0933. The Bertz CT molecular complexity index is 1810. The largest absolute Gasteiger partial charge is 0.480 e. The molecule has 22 heteroatoms. The third-order valence-electron chi connectivity index (χ3n) is 7.18. The minimum atomic E-state index is -6.01. The first-order valence-electron chi connectivity index (χ1n) is 13.7. The van der Waals surface area contributed by atoms with Crippen LogP contribution in [0.2, 0.25) is 0 Å². The quantitative estimate of drug-likeness (QED) is 0.105. The predicted molar refractivity (Wildman–Crippen MR) is 147 cm³/mol. The summed E-state index contributed by atoms with van der Waals surface area (Å²) in [5, 5.41) is 31.4. The molecule has 1 aliphatic heterocycles. The van der Waals surface area contributed by atoms with E-state index >= 15 is 0 Å². The van der Waals surface area contributed by atoms with Crippen LogP contribution in [-0.2, 0) is 20.7 Å². The zero-order valence-electron chi connectivity index (χ0n) is 24.8. The Balaban J connectivity index is 1.51. The molecule has 1 amide bonds. The third kappa shape index (κ3) is 7.65. The molecule has 4 rings (SSSR count). The average molecular weight is 692 g/mol. The van der Waals surface area contributed by atoms with Crippen molar-refractivity contribution in [1.29, 1.82) is 0 Å². The number of carbonyl (C=O) groups is 2. The summed E-state index contributed by atoms with van der Waals surface area (Å²) in [7, 11) is 0.999. The lowest BCUT2D eigenvalue weighted by molar-refractivity contribution is -0.386. The van der Waals surface area contributed by atoms with Gasteiger partial charge in [-0.25, -0.2) is 14.3 Å². The number of halogens is 5. The van der Waals surface area contributed by atoms with Crippen LogP contribution in [0.3, 0.4) is 0 Å². The highest BCUT2D eigenvalue weighted by atomic mass is 19.4. The number of alkyl halides is 5. The van der Waals surface area contributed by atoms with E-state index in [1.165, 1.54) is 24.0 Å². The van der Waals surface area contributed by atoms with Gasteiger partial charge in [0.25, 0.3) is 11.5 Å². The number of aryl methyl sites for hydroxylation is 1. The number of hydrogen-bond donors (Lipinski definition) is 3. The SMILES string of the molecule is COC(=O)[C@H](Cc1cn([C@H]2C[C@H](n3cc(C)c(=O)[nH]c3=O)O[C@@H]2CO)nn1)NC(=O)c1ccc([N+](=O)[O-])c(OCC(F)(F)C(F)(F)F)c1. The Hall–Kier alpha value is -5.25. The summed E-state index contributed by atoms with van der Waals surface area (Å²) in [6.07, 6.45) is -5.39. The molecule has 48 heavy (non-hydrogen) atoms. The topological polar surface area (TPSA) is 223 Å². The first kappa shape index (κ1) is 35.6. The van der Waals surface area contributed by atoms with Crippen molar-refractivity contribution in [3.05, 3.63) is 78.4 Å². The highest BCUT2D eigenvalue weighted by Crippen LogP contribution is 2.38. The summed E-state index contributed by atoms with van der Waals surface area (Å²) < 4.78 is 81.8. The Morgan fingerprint density at radius 2 is 1.96 bits per heavy atom. The monoisotopic (exact) mass is 691 g/mol. The molecule has 1 aliphatic rings. The van der Waals surface area contributed by atoms with E-state index in [1.54, 1.807) is 0 Å². The fourth-order valence-electron chi connectivity index (χ4n) is 4.66. The highest BCUT2D eigenvalue weighted by Gasteiger charge is 2.58. The number of ether oxygens (including phenoxy) is 3. The van der Waals surface area contributed by atoms with E-state index < -0.39 is 94.8 Å². The number of carbonyl (C=O) groups excluding carboxylic acids is 2. The van der Waals surface area contributed by atoms with E-state index in [9.17, 15) is 56.4 Å². The van der Waals surface area contributed by atoms with Crippen molar-refractivity contribution < 1.29 is 55.8 Å². The Morgan fingerprint density at radius 1 is 1.25 bits per heavy atom. The minimum Gasteiger partial charge on any atom is -0.480 e. The summed E-state index contributed by atoms with van der Waals surface area (Å²) in [6.45, 7) is -1.32. The number of rotatable bonds is 12. The van der Waals surface area contributed by atoms with Crippen LogP contribution < -0.4 is 21.3 Å². The van der Waals surface area contributed by atoms with Crippen LogP contribution in [0.15, 0.2) is 40.2 Å². The Morgan fingerprint density at radius 3 is 2.58 bits per heavy atom. The summed E-state index contributed by atoms with van der Waals surface area (Å²) >= 11 is 0. The van der Waals surface area contributed by atoms with Crippen LogP contribution in [0.1, 0.15) is 40.3 Å².